The van der Waals surface area contributed by atoms with Gasteiger partial charge in [0.15, 0.2) is 0 Å². The minimum absolute atomic E-state index is 0.239. The van der Waals surface area contributed by atoms with Crippen molar-refractivity contribution in [2.75, 3.05) is 12.9 Å². The summed E-state index contributed by atoms with van der Waals surface area (Å²) >= 11 is 1.38. The highest BCUT2D eigenvalue weighted by Gasteiger charge is 2.07. The Bertz CT molecular complexity index is 593. The molecule has 2 aromatic carbocycles. The number of esters is 1. The number of ether oxygens (including phenoxy) is 1. The summed E-state index contributed by atoms with van der Waals surface area (Å²) in [5.74, 6) is -0.0383. The summed E-state index contributed by atoms with van der Waals surface area (Å²) in [6.07, 6.45) is 0.814. The van der Waals surface area contributed by atoms with Gasteiger partial charge in [0.05, 0.1) is 12.9 Å². The highest BCUT2D eigenvalue weighted by molar-refractivity contribution is 8.00. The second-order valence-corrected chi connectivity index (χ2v) is 4.74. The largest absolute Gasteiger partial charge is 0.468 e. The zero-order valence-electron chi connectivity index (χ0n) is 9.88. The maximum absolute atomic E-state index is 11.2. The number of benzene rings is 2. The topological polar surface area (TPSA) is 43.4 Å². The molecule has 4 heteroatoms. The quantitative estimate of drug-likeness (QED) is 0.481. The first kappa shape index (κ1) is 12.6. The molecule has 0 unspecified atom stereocenters. The Morgan fingerprint density at radius 3 is 2.83 bits per heavy atom. The van der Waals surface area contributed by atoms with Crippen LogP contribution in [0.5, 0.6) is 0 Å². The Labute approximate surface area is 109 Å². The van der Waals surface area contributed by atoms with E-state index in [0.29, 0.717) is 5.56 Å². The Kier molecular flexibility index (Phi) is 3.99. The summed E-state index contributed by atoms with van der Waals surface area (Å²) in [7, 11) is 1.36. The van der Waals surface area contributed by atoms with E-state index < -0.39 is 0 Å². The highest BCUT2D eigenvalue weighted by Crippen LogP contribution is 2.29. The smallest absolute Gasteiger partial charge is 0.315 e. The van der Waals surface area contributed by atoms with E-state index in [1.165, 1.54) is 18.9 Å². The Morgan fingerprint density at radius 1 is 1.33 bits per heavy atom. The van der Waals surface area contributed by atoms with E-state index in [1.807, 2.05) is 30.3 Å². The van der Waals surface area contributed by atoms with Gasteiger partial charge in [-0.3, -0.25) is 9.59 Å². The van der Waals surface area contributed by atoms with Crippen molar-refractivity contribution in [3.05, 3.63) is 42.0 Å². The molecule has 2 aromatic rings. The van der Waals surface area contributed by atoms with Gasteiger partial charge in [0.1, 0.15) is 6.29 Å². The number of aldehydes is 1. The normalized spacial score (nSPS) is 10.3. The Balaban J connectivity index is 2.40. The fourth-order valence-corrected chi connectivity index (χ4v) is 2.63. The van der Waals surface area contributed by atoms with E-state index in [0.717, 1.165) is 22.0 Å². The second-order valence-electron chi connectivity index (χ2n) is 3.72. The van der Waals surface area contributed by atoms with E-state index in [2.05, 4.69) is 4.74 Å². The lowest BCUT2D eigenvalue weighted by atomic mass is 10.1. The van der Waals surface area contributed by atoms with E-state index in [4.69, 9.17) is 0 Å². The molecule has 18 heavy (non-hydrogen) atoms. The van der Waals surface area contributed by atoms with Crippen molar-refractivity contribution in [2.24, 2.45) is 0 Å². The monoisotopic (exact) mass is 260 g/mol. The molecule has 0 bridgehead atoms. The molecule has 0 spiro atoms. The molecular weight excluding hydrogens is 248 g/mol. The Morgan fingerprint density at radius 2 is 2.11 bits per heavy atom. The lowest BCUT2D eigenvalue weighted by Gasteiger charge is -2.07. The molecule has 0 heterocycles. The molecule has 0 radical (unpaired) electrons. The van der Waals surface area contributed by atoms with Crippen molar-refractivity contribution in [3.8, 4) is 0 Å². The number of hydrogen-bond acceptors (Lipinski definition) is 4. The van der Waals surface area contributed by atoms with Crippen molar-refractivity contribution in [1.82, 2.24) is 0 Å². The van der Waals surface area contributed by atoms with Crippen LogP contribution in [-0.4, -0.2) is 25.1 Å². The third kappa shape index (κ3) is 2.71. The van der Waals surface area contributed by atoms with E-state index in [9.17, 15) is 9.59 Å². The van der Waals surface area contributed by atoms with Crippen molar-refractivity contribution >= 4 is 34.8 Å². The summed E-state index contributed by atoms with van der Waals surface area (Å²) in [6.45, 7) is 0. The summed E-state index contributed by atoms with van der Waals surface area (Å²) < 4.78 is 4.61. The van der Waals surface area contributed by atoms with Gasteiger partial charge in [-0.1, -0.05) is 24.3 Å². The SMILES string of the molecule is COC(=O)CSc1cc(C=O)cc2ccccc12. The van der Waals surface area contributed by atoms with Gasteiger partial charge in [0.2, 0.25) is 0 Å². The van der Waals surface area contributed by atoms with Crippen molar-refractivity contribution in [2.45, 2.75) is 4.90 Å². The van der Waals surface area contributed by atoms with Gasteiger partial charge in [-0.05, 0) is 22.9 Å². The van der Waals surface area contributed by atoms with Crippen LogP contribution >= 0.6 is 11.8 Å². The molecule has 0 saturated carbocycles. The number of rotatable bonds is 4. The van der Waals surface area contributed by atoms with E-state index in [1.54, 1.807) is 6.07 Å². The molecule has 0 atom stereocenters. The van der Waals surface area contributed by atoms with Crippen LogP contribution in [-0.2, 0) is 9.53 Å². The molecule has 0 fully saturated rings. The fourth-order valence-electron chi connectivity index (χ4n) is 1.68. The lowest BCUT2D eigenvalue weighted by molar-refractivity contribution is -0.137. The van der Waals surface area contributed by atoms with Crippen LogP contribution in [0.1, 0.15) is 10.4 Å². The first-order valence-electron chi connectivity index (χ1n) is 5.42. The highest BCUT2D eigenvalue weighted by atomic mass is 32.2. The molecule has 0 aromatic heterocycles. The fraction of sp³-hybridized carbons (Fsp3) is 0.143. The number of carbonyl (C=O) groups is 2. The maximum Gasteiger partial charge on any atom is 0.315 e. The Hall–Kier alpha value is -1.81. The second kappa shape index (κ2) is 5.69. The first-order valence-corrected chi connectivity index (χ1v) is 6.40. The van der Waals surface area contributed by atoms with Crippen LogP contribution in [0.4, 0.5) is 0 Å². The number of carbonyl (C=O) groups excluding carboxylic acids is 2. The first-order chi connectivity index (χ1) is 8.74. The molecule has 3 nitrogen and oxygen atoms in total. The van der Waals surface area contributed by atoms with E-state index >= 15 is 0 Å². The molecule has 0 aliphatic carbocycles. The molecule has 0 N–H and O–H groups in total. The molecule has 92 valence electrons. The third-order valence-electron chi connectivity index (χ3n) is 2.56. The predicted molar refractivity (Wildman–Crippen MR) is 72.1 cm³/mol. The molecule has 2 rings (SSSR count). The summed E-state index contributed by atoms with van der Waals surface area (Å²) in [5.41, 5.74) is 0.612. The van der Waals surface area contributed by atoms with Crippen LogP contribution in [0, 0.1) is 0 Å². The van der Waals surface area contributed by atoms with Gasteiger partial charge in [-0.15, -0.1) is 11.8 Å². The van der Waals surface area contributed by atoms with Crippen LogP contribution < -0.4 is 0 Å². The maximum atomic E-state index is 11.2. The number of hydrogen-bond donors (Lipinski definition) is 0. The average molecular weight is 260 g/mol. The molecular formula is C14H12O3S. The minimum Gasteiger partial charge on any atom is -0.468 e. The zero-order valence-corrected chi connectivity index (χ0v) is 10.7. The standard InChI is InChI=1S/C14H12O3S/c1-17-14(16)9-18-13-7-10(8-15)6-11-4-2-3-5-12(11)13/h2-8H,9H2,1H3. The van der Waals surface area contributed by atoms with Gasteiger partial charge in [0, 0.05) is 10.5 Å². The van der Waals surface area contributed by atoms with Crippen LogP contribution in [0.3, 0.4) is 0 Å². The summed E-state index contributed by atoms with van der Waals surface area (Å²) in [5, 5.41) is 2.03. The third-order valence-corrected chi connectivity index (χ3v) is 3.58. The van der Waals surface area contributed by atoms with Gasteiger partial charge >= 0.3 is 5.97 Å². The van der Waals surface area contributed by atoms with Crippen molar-refractivity contribution < 1.29 is 14.3 Å². The molecule has 0 amide bonds. The molecule has 0 aliphatic heterocycles. The molecule has 0 saturated heterocycles. The number of fused-ring (bicyclic) bond motifs is 1. The zero-order chi connectivity index (χ0) is 13.0. The van der Waals surface area contributed by atoms with Gasteiger partial charge < -0.3 is 4.74 Å². The number of thioether (sulfide) groups is 1. The van der Waals surface area contributed by atoms with Crippen LogP contribution in [0.2, 0.25) is 0 Å². The lowest BCUT2D eigenvalue weighted by Crippen LogP contribution is -2.03. The number of methoxy groups -OCH3 is 1. The van der Waals surface area contributed by atoms with E-state index in [-0.39, 0.29) is 11.7 Å². The van der Waals surface area contributed by atoms with Crippen molar-refractivity contribution in [1.29, 1.82) is 0 Å². The van der Waals surface area contributed by atoms with Crippen molar-refractivity contribution in [3.63, 3.8) is 0 Å². The predicted octanol–water partition coefficient (Wildman–Crippen LogP) is 2.92. The van der Waals surface area contributed by atoms with Gasteiger partial charge in [-0.25, -0.2) is 0 Å². The summed E-state index contributed by atoms with van der Waals surface area (Å²) in [4.78, 5) is 23.0. The van der Waals surface area contributed by atoms with Gasteiger partial charge in [-0.2, -0.15) is 0 Å². The molecule has 0 aliphatic rings. The van der Waals surface area contributed by atoms with Crippen LogP contribution in [0.15, 0.2) is 41.3 Å². The summed E-state index contributed by atoms with van der Waals surface area (Å²) in [6, 6.07) is 11.4. The average Bonchev–Trinajstić information content (AvgIpc) is 2.43. The van der Waals surface area contributed by atoms with Crippen LogP contribution in [0.25, 0.3) is 10.8 Å². The minimum atomic E-state index is -0.277. The van der Waals surface area contributed by atoms with Gasteiger partial charge in [0.25, 0.3) is 0 Å².